The van der Waals surface area contributed by atoms with Gasteiger partial charge < -0.3 is 0 Å². The SMILES string of the molecule is CC(C)c1ncc(C(=O)NS(=O)(=O)Cc2cccc(F)c2F)s1. The van der Waals surface area contributed by atoms with E-state index in [0.717, 1.165) is 23.5 Å². The standard InChI is InChI=1S/C14H14F2N2O3S2/c1-8(2)14-17-6-11(22-14)13(19)18-23(20,21)7-9-4-3-5-10(15)12(9)16/h3-6,8H,7H2,1-2H3,(H,18,19). The topological polar surface area (TPSA) is 76.1 Å². The number of carbonyl (C=O) groups excluding carboxylic acids is 1. The average molecular weight is 360 g/mol. The highest BCUT2D eigenvalue weighted by atomic mass is 32.2. The van der Waals surface area contributed by atoms with Gasteiger partial charge in [0.05, 0.1) is 17.0 Å². The summed E-state index contributed by atoms with van der Waals surface area (Å²) in [6, 6.07) is 3.23. The summed E-state index contributed by atoms with van der Waals surface area (Å²) >= 11 is 1.08. The van der Waals surface area contributed by atoms with Crippen LogP contribution in [-0.4, -0.2) is 19.3 Å². The number of sulfonamides is 1. The molecule has 1 aromatic heterocycles. The van der Waals surface area contributed by atoms with Crippen molar-refractivity contribution >= 4 is 27.3 Å². The molecule has 1 N–H and O–H groups in total. The van der Waals surface area contributed by atoms with Gasteiger partial charge in [0.15, 0.2) is 11.6 Å². The van der Waals surface area contributed by atoms with Crippen molar-refractivity contribution < 1.29 is 22.0 Å². The van der Waals surface area contributed by atoms with Crippen LogP contribution < -0.4 is 4.72 Å². The van der Waals surface area contributed by atoms with Crippen molar-refractivity contribution in [2.75, 3.05) is 0 Å². The molecule has 0 aliphatic rings. The first-order chi connectivity index (χ1) is 10.7. The van der Waals surface area contributed by atoms with Gasteiger partial charge in [-0.25, -0.2) is 26.9 Å². The summed E-state index contributed by atoms with van der Waals surface area (Å²) in [5.41, 5.74) is -0.350. The van der Waals surface area contributed by atoms with Crippen LogP contribution in [0.5, 0.6) is 0 Å². The highest BCUT2D eigenvalue weighted by Crippen LogP contribution is 2.21. The number of aromatic nitrogens is 1. The Morgan fingerprint density at radius 1 is 1.35 bits per heavy atom. The van der Waals surface area contributed by atoms with E-state index in [0.29, 0.717) is 5.01 Å². The maximum Gasteiger partial charge on any atom is 0.276 e. The van der Waals surface area contributed by atoms with Crippen molar-refractivity contribution in [3.8, 4) is 0 Å². The molecule has 23 heavy (non-hydrogen) atoms. The third-order valence-corrected chi connectivity index (χ3v) is 5.35. The minimum Gasteiger partial charge on any atom is -0.267 e. The molecule has 1 aromatic carbocycles. The number of amides is 1. The molecule has 2 aromatic rings. The Hall–Kier alpha value is -1.87. The van der Waals surface area contributed by atoms with E-state index in [1.807, 2.05) is 18.6 Å². The van der Waals surface area contributed by atoms with Crippen LogP contribution in [0.4, 0.5) is 8.78 Å². The van der Waals surface area contributed by atoms with Crippen LogP contribution in [0.15, 0.2) is 24.4 Å². The van der Waals surface area contributed by atoms with Crippen molar-refractivity contribution in [2.24, 2.45) is 0 Å². The molecule has 124 valence electrons. The molecule has 0 bridgehead atoms. The fourth-order valence-electron chi connectivity index (χ4n) is 1.75. The first-order valence-electron chi connectivity index (χ1n) is 6.63. The van der Waals surface area contributed by atoms with E-state index < -0.39 is 33.3 Å². The minimum atomic E-state index is -4.16. The normalized spacial score (nSPS) is 11.7. The maximum atomic E-state index is 13.5. The molecular formula is C14H14F2N2O3S2. The molecule has 5 nitrogen and oxygen atoms in total. The Labute approximate surface area is 136 Å². The minimum absolute atomic E-state index is 0.111. The van der Waals surface area contributed by atoms with E-state index in [2.05, 4.69) is 4.98 Å². The second-order valence-electron chi connectivity index (χ2n) is 5.12. The monoisotopic (exact) mass is 360 g/mol. The molecule has 0 unspecified atom stereocenters. The number of benzene rings is 1. The highest BCUT2D eigenvalue weighted by molar-refractivity contribution is 7.89. The fourth-order valence-corrected chi connectivity index (χ4v) is 3.73. The van der Waals surface area contributed by atoms with Crippen LogP contribution >= 0.6 is 11.3 Å². The fraction of sp³-hybridized carbons (Fsp3) is 0.286. The van der Waals surface area contributed by atoms with Gasteiger partial charge >= 0.3 is 0 Å². The van der Waals surface area contributed by atoms with Crippen LogP contribution in [0.1, 0.15) is 40.0 Å². The van der Waals surface area contributed by atoms with E-state index in [1.54, 1.807) is 0 Å². The Balaban J connectivity index is 2.14. The highest BCUT2D eigenvalue weighted by Gasteiger charge is 2.21. The molecule has 1 amide bonds. The molecule has 0 atom stereocenters. The third kappa shape index (κ3) is 4.32. The first kappa shape index (κ1) is 17.5. The lowest BCUT2D eigenvalue weighted by Gasteiger charge is -2.07. The zero-order valence-electron chi connectivity index (χ0n) is 12.3. The number of nitrogens with zero attached hydrogens (tertiary/aromatic N) is 1. The predicted molar refractivity (Wildman–Crippen MR) is 82.7 cm³/mol. The van der Waals surface area contributed by atoms with Gasteiger partial charge in [-0.15, -0.1) is 11.3 Å². The van der Waals surface area contributed by atoms with Gasteiger partial charge in [-0.3, -0.25) is 4.79 Å². The van der Waals surface area contributed by atoms with Crippen molar-refractivity contribution in [1.82, 2.24) is 9.71 Å². The van der Waals surface area contributed by atoms with E-state index in [4.69, 9.17) is 0 Å². The summed E-state index contributed by atoms with van der Waals surface area (Å²) in [4.78, 5) is 16.1. The number of thiazole rings is 1. The third-order valence-electron chi connectivity index (χ3n) is 2.87. The van der Waals surface area contributed by atoms with Crippen molar-refractivity contribution in [1.29, 1.82) is 0 Å². The summed E-state index contributed by atoms with van der Waals surface area (Å²) in [6.45, 7) is 3.79. The molecule has 0 aliphatic heterocycles. The van der Waals surface area contributed by atoms with E-state index in [9.17, 15) is 22.0 Å². The van der Waals surface area contributed by atoms with E-state index >= 15 is 0 Å². The van der Waals surface area contributed by atoms with Crippen molar-refractivity contribution in [3.63, 3.8) is 0 Å². The van der Waals surface area contributed by atoms with Crippen LogP contribution in [0, 0.1) is 11.6 Å². The van der Waals surface area contributed by atoms with Crippen molar-refractivity contribution in [3.05, 3.63) is 51.5 Å². The maximum absolute atomic E-state index is 13.5. The smallest absolute Gasteiger partial charge is 0.267 e. The number of halogens is 2. The molecule has 2 rings (SSSR count). The number of rotatable bonds is 5. The molecule has 9 heteroatoms. The van der Waals surface area contributed by atoms with Crippen LogP contribution in [0.3, 0.4) is 0 Å². The molecule has 0 spiro atoms. The second-order valence-corrected chi connectivity index (χ2v) is 7.91. The lowest BCUT2D eigenvalue weighted by Crippen LogP contribution is -2.31. The van der Waals surface area contributed by atoms with Gasteiger partial charge in [-0.1, -0.05) is 26.0 Å². The summed E-state index contributed by atoms with van der Waals surface area (Å²) < 4.78 is 52.4. The molecule has 0 saturated heterocycles. The van der Waals surface area contributed by atoms with Gasteiger partial charge in [0.1, 0.15) is 4.88 Å². The lowest BCUT2D eigenvalue weighted by atomic mass is 10.2. The number of hydrogen-bond donors (Lipinski definition) is 1. The molecule has 0 saturated carbocycles. The summed E-state index contributed by atoms with van der Waals surface area (Å²) in [7, 11) is -4.16. The lowest BCUT2D eigenvalue weighted by molar-refractivity contribution is 0.0985. The van der Waals surface area contributed by atoms with Gasteiger partial charge in [0.2, 0.25) is 10.0 Å². The van der Waals surface area contributed by atoms with Crippen LogP contribution in [0.2, 0.25) is 0 Å². The summed E-state index contributed by atoms with van der Waals surface area (Å²) in [5, 5.41) is 0.698. The number of carbonyl (C=O) groups is 1. The quantitative estimate of drug-likeness (QED) is 0.890. The number of hydrogen-bond acceptors (Lipinski definition) is 5. The summed E-state index contributed by atoms with van der Waals surface area (Å²) in [6.07, 6.45) is 1.29. The Bertz CT molecular complexity index is 832. The second kappa shape index (κ2) is 6.71. The van der Waals surface area contributed by atoms with E-state index in [-0.39, 0.29) is 16.4 Å². The van der Waals surface area contributed by atoms with E-state index in [1.165, 1.54) is 12.3 Å². The van der Waals surface area contributed by atoms with Crippen LogP contribution in [0.25, 0.3) is 0 Å². The van der Waals surface area contributed by atoms with Gasteiger partial charge in [-0.2, -0.15) is 0 Å². The van der Waals surface area contributed by atoms with Gasteiger partial charge in [0.25, 0.3) is 5.91 Å². The van der Waals surface area contributed by atoms with Gasteiger partial charge in [-0.05, 0) is 6.07 Å². The zero-order valence-corrected chi connectivity index (χ0v) is 14.0. The summed E-state index contributed by atoms with van der Waals surface area (Å²) in [5.74, 6) is -3.96. The average Bonchev–Trinajstić information content (AvgIpc) is 2.93. The predicted octanol–water partition coefficient (Wildman–Crippen LogP) is 2.80. The molecule has 0 aliphatic carbocycles. The first-order valence-corrected chi connectivity index (χ1v) is 9.10. The Kier molecular flexibility index (Phi) is 5.10. The Morgan fingerprint density at radius 3 is 2.65 bits per heavy atom. The molecule has 0 radical (unpaired) electrons. The number of nitrogens with one attached hydrogen (secondary N) is 1. The molecule has 1 heterocycles. The van der Waals surface area contributed by atoms with Gasteiger partial charge in [0, 0.05) is 11.5 Å². The van der Waals surface area contributed by atoms with Crippen LogP contribution in [-0.2, 0) is 15.8 Å². The molecule has 0 fully saturated rings. The van der Waals surface area contributed by atoms with Crippen molar-refractivity contribution in [2.45, 2.75) is 25.5 Å². The molecular weight excluding hydrogens is 346 g/mol. The zero-order chi connectivity index (χ0) is 17.2. The largest absolute Gasteiger partial charge is 0.276 e. The Morgan fingerprint density at radius 2 is 2.04 bits per heavy atom.